The lowest BCUT2D eigenvalue weighted by atomic mass is 9.95. The van der Waals surface area contributed by atoms with Crippen LogP contribution in [-0.4, -0.2) is 48.1 Å². The molecule has 1 aliphatic heterocycles. The standard InChI is InChI=1S/C23H31N5O/c1-17-7-6-10-21(18(17)2)27-11-13-28(14-12-27)22-15-20(24-16-25-22)23(29)26-19-8-4-3-5-9-19/h6-7,10,15-16,19H,3-5,8-9,11-14H2,1-2H3,(H,26,29). The van der Waals surface area contributed by atoms with Crippen LogP contribution in [0.25, 0.3) is 0 Å². The third-order valence-electron chi connectivity index (χ3n) is 6.35. The van der Waals surface area contributed by atoms with Crippen molar-refractivity contribution < 1.29 is 4.79 Å². The van der Waals surface area contributed by atoms with Gasteiger partial charge in [-0.05, 0) is 43.9 Å². The highest BCUT2D eigenvalue weighted by molar-refractivity contribution is 5.93. The van der Waals surface area contributed by atoms with Crippen molar-refractivity contribution in [2.45, 2.75) is 52.0 Å². The average molecular weight is 394 g/mol. The maximum absolute atomic E-state index is 12.6. The summed E-state index contributed by atoms with van der Waals surface area (Å²) >= 11 is 0. The second kappa shape index (κ2) is 8.80. The molecule has 0 spiro atoms. The van der Waals surface area contributed by atoms with E-state index in [4.69, 9.17) is 0 Å². The van der Waals surface area contributed by atoms with E-state index in [1.807, 2.05) is 6.07 Å². The maximum atomic E-state index is 12.6. The van der Waals surface area contributed by atoms with Crippen LogP contribution >= 0.6 is 0 Å². The number of anilines is 2. The first-order valence-electron chi connectivity index (χ1n) is 10.8. The number of carbonyl (C=O) groups excluding carboxylic acids is 1. The van der Waals surface area contributed by atoms with E-state index < -0.39 is 0 Å². The van der Waals surface area contributed by atoms with Crippen molar-refractivity contribution in [2.24, 2.45) is 0 Å². The minimum atomic E-state index is -0.0745. The fraction of sp³-hybridized carbons (Fsp3) is 0.522. The number of nitrogens with zero attached hydrogens (tertiary/aromatic N) is 4. The summed E-state index contributed by atoms with van der Waals surface area (Å²) in [7, 11) is 0. The molecule has 0 radical (unpaired) electrons. The molecule has 154 valence electrons. The Kier molecular flexibility index (Phi) is 5.97. The number of benzene rings is 1. The van der Waals surface area contributed by atoms with Crippen LogP contribution < -0.4 is 15.1 Å². The van der Waals surface area contributed by atoms with Gasteiger partial charge in [0.25, 0.3) is 5.91 Å². The highest BCUT2D eigenvalue weighted by Crippen LogP contribution is 2.25. The number of hydrogen-bond donors (Lipinski definition) is 1. The van der Waals surface area contributed by atoms with Gasteiger partial charge >= 0.3 is 0 Å². The summed E-state index contributed by atoms with van der Waals surface area (Å²) in [5.74, 6) is 0.768. The molecule has 2 aliphatic rings. The van der Waals surface area contributed by atoms with Crippen LogP contribution in [0.5, 0.6) is 0 Å². The van der Waals surface area contributed by atoms with E-state index in [2.05, 4.69) is 57.1 Å². The van der Waals surface area contributed by atoms with Gasteiger partial charge in [0.15, 0.2) is 0 Å². The molecule has 2 heterocycles. The first-order chi connectivity index (χ1) is 14.1. The lowest BCUT2D eigenvalue weighted by Crippen LogP contribution is -2.47. The maximum Gasteiger partial charge on any atom is 0.270 e. The molecule has 1 N–H and O–H groups in total. The molecular weight excluding hydrogens is 362 g/mol. The Labute approximate surface area is 173 Å². The molecule has 29 heavy (non-hydrogen) atoms. The Bertz CT molecular complexity index is 854. The normalized spacial score (nSPS) is 18.0. The molecule has 1 aromatic heterocycles. The molecule has 4 rings (SSSR count). The Morgan fingerprint density at radius 2 is 1.72 bits per heavy atom. The zero-order valence-electron chi connectivity index (χ0n) is 17.5. The van der Waals surface area contributed by atoms with Crippen molar-refractivity contribution in [3.05, 3.63) is 47.4 Å². The predicted molar refractivity (Wildman–Crippen MR) is 117 cm³/mol. The third kappa shape index (κ3) is 4.52. The van der Waals surface area contributed by atoms with Crippen LogP contribution in [0.3, 0.4) is 0 Å². The molecule has 1 amide bonds. The monoisotopic (exact) mass is 393 g/mol. The van der Waals surface area contributed by atoms with E-state index >= 15 is 0 Å². The summed E-state index contributed by atoms with van der Waals surface area (Å²) < 4.78 is 0. The molecule has 6 heteroatoms. The topological polar surface area (TPSA) is 61.4 Å². The number of nitrogens with one attached hydrogen (secondary N) is 1. The predicted octanol–water partition coefficient (Wildman–Crippen LogP) is 3.48. The van der Waals surface area contributed by atoms with E-state index in [-0.39, 0.29) is 11.9 Å². The van der Waals surface area contributed by atoms with Gasteiger partial charge < -0.3 is 15.1 Å². The van der Waals surface area contributed by atoms with Crippen LogP contribution in [0.15, 0.2) is 30.6 Å². The van der Waals surface area contributed by atoms with Crippen molar-refractivity contribution in [3.63, 3.8) is 0 Å². The smallest absolute Gasteiger partial charge is 0.270 e. The molecule has 0 unspecified atom stereocenters. The molecule has 0 atom stereocenters. The number of carbonyl (C=O) groups is 1. The Hall–Kier alpha value is -2.63. The number of aromatic nitrogens is 2. The highest BCUT2D eigenvalue weighted by Gasteiger charge is 2.22. The fourth-order valence-corrected chi connectivity index (χ4v) is 4.41. The van der Waals surface area contributed by atoms with Gasteiger partial charge in [0, 0.05) is 44.0 Å². The van der Waals surface area contributed by atoms with Gasteiger partial charge in [-0.15, -0.1) is 0 Å². The quantitative estimate of drug-likeness (QED) is 0.862. The van der Waals surface area contributed by atoms with Crippen LogP contribution in [0.2, 0.25) is 0 Å². The van der Waals surface area contributed by atoms with Crippen molar-refractivity contribution in [1.82, 2.24) is 15.3 Å². The molecule has 0 bridgehead atoms. The number of hydrogen-bond acceptors (Lipinski definition) is 5. The van der Waals surface area contributed by atoms with Gasteiger partial charge in [-0.25, -0.2) is 9.97 Å². The van der Waals surface area contributed by atoms with E-state index in [1.165, 1.54) is 42.4 Å². The lowest BCUT2D eigenvalue weighted by molar-refractivity contribution is 0.0922. The van der Waals surface area contributed by atoms with Gasteiger partial charge in [-0.3, -0.25) is 4.79 Å². The molecule has 1 aromatic carbocycles. The van der Waals surface area contributed by atoms with E-state index in [1.54, 1.807) is 0 Å². The van der Waals surface area contributed by atoms with Gasteiger partial charge in [-0.1, -0.05) is 31.4 Å². The zero-order chi connectivity index (χ0) is 20.2. The number of piperazine rings is 1. The zero-order valence-corrected chi connectivity index (χ0v) is 17.5. The third-order valence-corrected chi connectivity index (χ3v) is 6.35. The number of aryl methyl sites for hydroxylation is 1. The Morgan fingerprint density at radius 1 is 1.00 bits per heavy atom. The minimum absolute atomic E-state index is 0.0745. The number of amides is 1. The second-order valence-electron chi connectivity index (χ2n) is 8.26. The van der Waals surface area contributed by atoms with Crippen LogP contribution in [-0.2, 0) is 0 Å². The molecule has 6 nitrogen and oxygen atoms in total. The van der Waals surface area contributed by atoms with E-state index in [0.29, 0.717) is 5.69 Å². The van der Waals surface area contributed by atoms with Crippen LogP contribution in [0.4, 0.5) is 11.5 Å². The van der Waals surface area contributed by atoms with E-state index in [0.717, 1.165) is 44.8 Å². The summed E-state index contributed by atoms with van der Waals surface area (Å²) in [4.78, 5) is 26.0. The highest BCUT2D eigenvalue weighted by atomic mass is 16.1. The van der Waals surface area contributed by atoms with Gasteiger partial charge in [0.2, 0.25) is 0 Å². The first-order valence-corrected chi connectivity index (χ1v) is 10.8. The van der Waals surface area contributed by atoms with Gasteiger partial charge in [0.05, 0.1) is 0 Å². The van der Waals surface area contributed by atoms with Crippen molar-refractivity contribution in [3.8, 4) is 0 Å². The summed E-state index contributed by atoms with van der Waals surface area (Å²) in [6.45, 7) is 8.01. The lowest BCUT2D eigenvalue weighted by Gasteiger charge is -2.37. The summed E-state index contributed by atoms with van der Waals surface area (Å²) in [5.41, 5.74) is 4.47. The minimum Gasteiger partial charge on any atom is -0.368 e. The first kappa shape index (κ1) is 19.7. The van der Waals surface area contributed by atoms with Gasteiger partial charge in [-0.2, -0.15) is 0 Å². The van der Waals surface area contributed by atoms with Crippen LogP contribution in [0.1, 0.15) is 53.7 Å². The Balaban J connectivity index is 1.39. The second-order valence-corrected chi connectivity index (χ2v) is 8.26. The molecular formula is C23H31N5O. The molecule has 1 saturated heterocycles. The average Bonchev–Trinajstić information content (AvgIpc) is 2.77. The largest absolute Gasteiger partial charge is 0.368 e. The van der Waals surface area contributed by atoms with Crippen LogP contribution in [0, 0.1) is 13.8 Å². The van der Waals surface area contributed by atoms with E-state index in [9.17, 15) is 4.79 Å². The molecule has 1 aliphatic carbocycles. The molecule has 1 saturated carbocycles. The van der Waals surface area contributed by atoms with Crippen molar-refractivity contribution in [2.75, 3.05) is 36.0 Å². The fourth-order valence-electron chi connectivity index (χ4n) is 4.41. The SMILES string of the molecule is Cc1cccc(N2CCN(c3cc(C(=O)NC4CCCCC4)ncn3)CC2)c1C. The number of rotatable bonds is 4. The van der Waals surface area contributed by atoms with Crippen molar-refractivity contribution in [1.29, 1.82) is 0 Å². The van der Waals surface area contributed by atoms with Crippen molar-refractivity contribution >= 4 is 17.4 Å². The summed E-state index contributed by atoms with van der Waals surface area (Å²) in [6, 6.07) is 8.62. The summed E-state index contributed by atoms with van der Waals surface area (Å²) in [6.07, 6.45) is 7.34. The van der Waals surface area contributed by atoms with Gasteiger partial charge in [0.1, 0.15) is 17.8 Å². The Morgan fingerprint density at radius 3 is 2.48 bits per heavy atom. The molecule has 2 aromatic rings. The summed E-state index contributed by atoms with van der Waals surface area (Å²) in [5, 5.41) is 3.15. The molecule has 2 fully saturated rings.